The number of pyridine rings is 1. The Hall–Kier alpha value is -1.88. The van der Waals surface area contributed by atoms with Crippen LogP contribution in [0.25, 0.3) is 0 Å². The lowest BCUT2D eigenvalue weighted by atomic mass is 10.3. The molecule has 4 nitrogen and oxygen atoms in total. The molecule has 0 aliphatic carbocycles. The van der Waals surface area contributed by atoms with Crippen molar-refractivity contribution < 1.29 is 4.79 Å². The lowest BCUT2D eigenvalue weighted by Gasteiger charge is -2.02. The summed E-state index contributed by atoms with van der Waals surface area (Å²) in [6.07, 6.45) is 0. The van der Waals surface area contributed by atoms with Gasteiger partial charge in [-0.15, -0.1) is 0 Å². The third-order valence-electron chi connectivity index (χ3n) is 1.78. The van der Waals surface area contributed by atoms with Gasteiger partial charge in [-0.2, -0.15) is 11.3 Å². The van der Waals surface area contributed by atoms with Crippen LogP contribution in [0.3, 0.4) is 0 Å². The van der Waals surface area contributed by atoms with Crippen molar-refractivity contribution in [1.29, 1.82) is 0 Å². The second-order valence-corrected chi connectivity index (χ2v) is 3.69. The second kappa shape index (κ2) is 4.10. The van der Waals surface area contributed by atoms with Crippen LogP contribution in [0, 0.1) is 0 Å². The Morgan fingerprint density at radius 2 is 2.27 bits per heavy atom. The van der Waals surface area contributed by atoms with Gasteiger partial charge in [-0.25, -0.2) is 4.98 Å². The number of hydrogen-bond donors (Lipinski definition) is 2. The van der Waals surface area contributed by atoms with E-state index in [4.69, 9.17) is 5.73 Å². The average Bonchev–Trinajstić information content (AvgIpc) is 2.70. The Morgan fingerprint density at radius 1 is 1.40 bits per heavy atom. The highest BCUT2D eigenvalue weighted by molar-refractivity contribution is 7.08. The Kier molecular flexibility index (Phi) is 2.64. The van der Waals surface area contributed by atoms with Crippen molar-refractivity contribution in [1.82, 2.24) is 4.98 Å². The van der Waals surface area contributed by atoms with E-state index in [1.807, 2.05) is 16.8 Å². The van der Waals surface area contributed by atoms with Crippen LogP contribution < -0.4 is 11.1 Å². The smallest absolute Gasteiger partial charge is 0.274 e. The highest BCUT2D eigenvalue weighted by Crippen LogP contribution is 2.13. The summed E-state index contributed by atoms with van der Waals surface area (Å²) in [4.78, 5) is 15.6. The average molecular weight is 219 g/mol. The van der Waals surface area contributed by atoms with Crippen molar-refractivity contribution in [2.75, 3.05) is 11.1 Å². The number of carbonyl (C=O) groups is 1. The molecular formula is C10H9N3OS. The number of rotatable bonds is 2. The Bertz CT molecular complexity index is 467. The first-order chi connectivity index (χ1) is 7.25. The standard InChI is InChI=1S/C10H9N3OS/c11-9-3-1-2-8(13-9)10(14)12-7-4-5-15-6-7/h1-6H,(H2,11,13)(H,12,14). The van der Waals surface area contributed by atoms with Gasteiger partial charge in [-0.3, -0.25) is 4.79 Å². The van der Waals surface area contributed by atoms with Gasteiger partial charge in [-0.05, 0) is 23.6 Å². The second-order valence-electron chi connectivity index (χ2n) is 2.91. The maximum Gasteiger partial charge on any atom is 0.274 e. The summed E-state index contributed by atoms with van der Waals surface area (Å²) in [5.74, 6) is 0.0914. The van der Waals surface area contributed by atoms with Crippen molar-refractivity contribution in [2.24, 2.45) is 0 Å². The van der Waals surface area contributed by atoms with E-state index in [0.717, 1.165) is 5.69 Å². The third-order valence-corrected chi connectivity index (χ3v) is 2.47. The summed E-state index contributed by atoms with van der Waals surface area (Å²) in [5.41, 5.74) is 6.57. The summed E-state index contributed by atoms with van der Waals surface area (Å²) in [6, 6.07) is 6.79. The predicted molar refractivity (Wildman–Crippen MR) is 60.9 cm³/mol. The molecule has 0 saturated carbocycles. The van der Waals surface area contributed by atoms with Gasteiger partial charge in [0, 0.05) is 5.38 Å². The maximum absolute atomic E-state index is 11.6. The number of nitrogens with one attached hydrogen (secondary N) is 1. The van der Waals surface area contributed by atoms with Gasteiger partial charge in [0.25, 0.3) is 5.91 Å². The molecular weight excluding hydrogens is 210 g/mol. The summed E-state index contributed by atoms with van der Waals surface area (Å²) in [6.45, 7) is 0. The van der Waals surface area contributed by atoms with Crippen LogP contribution in [0.5, 0.6) is 0 Å². The molecule has 2 heterocycles. The number of hydrogen-bond acceptors (Lipinski definition) is 4. The maximum atomic E-state index is 11.6. The predicted octanol–water partition coefficient (Wildman–Crippen LogP) is 1.98. The Morgan fingerprint density at radius 3 is 2.93 bits per heavy atom. The molecule has 2 aromatic heterocycles. The molecule has 0 unspecified atom stereocenters. The highest BCUT2D eigenvalue weighted by Gasteiger charge is 2.07. The lowest BCUT2D eigenvalue weighted by Crippen LogP contribution is -2.13. The first-order valence-electron chi connectivity index (χ1n) is 4.32. The molecule has 0 aromatic carbocycles. The van der Waals surface area contributed by atoms with Crippen LogP contribution in [-0.2, 0) is 0 Å². The third kappa shape index (κ3) is 2.32. The number of amides is 1. The molecule has 2 rings (SSSR count). The molecule has 0 radical (unpaired) electrons. The number of nitrogens with two attached hydrogens (primary N) is 1. The topological polar surface area (TPSA) is 68.0 Å². The Balaban J connectivity index is 2.15. The minimum Gasteiger partial charge on any atom is -0.384 e. The molecule has 0 spiro atoms. The molecule has 1 amide bonds. The Labute approximate surface area is 90.8 Å². The quantitative estimate of drug-likeness (QED) is 0.811. The van der Waals surface area contributed by atoms with Crippen molar-refractivity contribution >= 4 is 28.7 Å². The fourth-order valence-electron chi connectivity index (χ4n) is 1.11. The van der Waals surface area contributed by atoms with E-state index in [-0.39, 0.29) is 5.91 Å². The fourth-order valence-corrected chi connectivity index (χ4v) is 1.70. The van der Waals surface area contributed by atoms with Gasteiger partial charge in [0.15, 0.2) is 0 Å². The lowest BCUT2D eigenvalue weighted by molar-refractivity contribution is 0.102. The van der Waals surface area contributed by atoms with Crippen LogP contribution in [-0.4, -0.2) is 10.9 Å². The first-order valence-corrected chi connectivity index (χ1v) is 5.26. The number of thiophene rings is 1. The van der Waals surface area contributed by atoms with Gasteiger partial charge in [0.2, 0.25) is 0 Å². The molecule has 0 saturated heterocycles. The summed E-state index contributed by atoms with van der Waals surface area (Å²) in [7, 11) is 0. The van der Waals surface area contributed by atoms with Gasteiger partial charge >= 0.3 is 0 Å². The summed E-state index contributed by atoms with van der Waals surface area (Å²) < 4.78 is 0. The number of nitrogens with zero attached hydrogens (tertiary/aromatic N) is 1. The number of carbonyl (C=O) groups excluding carboxylic acids is 1. The molecule has 0 bridgehead atoms. The van der Waals surface area contributed by atoms with E-state index in [2.05, 4.69) is 10.3 Å². The van der Waals surface area contributed by atoms with Crippen LogP contribution >= 0.6 is 11.3 Å². The SMILES string of the molecule is Nc1cccc(C(=O)Nc2ccsc2)n1. The minimum atomic E-state index is -0.249. The van der Waals surface area contributed by atoms with E-state index in [0.29, 0.717) is 11.5 Å². The minimum absolute atomic E-state index is 0.249. The molecule has 76 valence electrons. The van der Waals surface area contributed by atoms with E-state index in [9.17, 15) is 4.79 Å². The largest absolute Gasteiger partial charge is 0.384 e. The van der Waals surface area contributed by atoms with Crippen molar-refractivity contribution in [3.63, 3.8) is 0 Å². The van der Waals surface area contributed by atoms with Gasteiger partial charge in [0.1, 0.15) is 11.5 Å². The zero-order valence-corrected chi connectivity index (χ0v) is 8.62. The van der Waals surface area contributed by atoms with Crippen LogP contribution in [0.15, 0.2) is 35.0 Å². The van der Waals surface area contributed by atoms with Crippen LogP contribution in [0.4, 0.5) is 11.5 Å². The van der Waals surface area contributed by atoms with Gasteiger partial charge in [-0.1, -0.05) is 6.07 Å². The van der Waals surface area contributed by atoms with Crippen molar-refractivity contribution in [3.05, 3.63) is 40.7 Å². The van der Waals surface area contributed by atoms with Crippen molar-refractivity contribution in [2.45, 2.75) is 0 Å². The zero-order chi connectivity index (χ0) is 10.7. The number of anilines is 2. The molecule has 0 fully saturated rings. The molecule has 0 aliphatic rings. The molecule has 15 heavy (non-hydrogen) atoms. The van der Waals surface area contributed by atoms with E-state index in [1.54, 1.807) is 18.2 Å². The van der Waals surface area contributed by atoms with Crippen molar-refractivity contribution in [3.8, 4) is 0 Å². The molecule has 3 N–H and O–H groups in total. The molecule has 0 atom stereocenters. The van der Waals surface area contributed by atoms with E-state index >= 15 is 0 Å². The zero-order valence-electron chi connectivity index (χ0n) is 7.81. The number of nitrogen functional groups attached to an aromatic ring is 1. The molecule has 5 heteroatoms. The van der Waals surface area contributed by atoms with Gasteiger partial charge < -0.3 is 11.1 Å². The van der Waals surface area contributed by atoms with E-state index in [1.165, 1.54) is 11.3 Å². The fraction of sp³-hybridized carbons (Fsp3) is 0. The summed E-state index contributed by atoms with van der Waals surface area (Å²) in [5, 5.41) is 6.46. The normalized spacial score (nSPS) is 9.87. The van der Waals surface area contributed by atoms with Gasteiger partial charge in [0.05, 0.1) is 5.69 Å². The highest BCUT2D eigenvalue weighted by atomic mass is 32.1. The first kappa shape index (κ1) is 9.67. The van der Waals surface area contributed by atoms with Crippen LogP contribution in [0.2, 0.25) is 0 Å². The van der Waals surface area contributed by atoms with E-state index < -0.39 is 0 Å². The number of aromatic nitrogens is 1. The monoisotopic (exact) mass is 219 g/mol. The van der Waals surface area contributed by atoms with Crippen LogP contribution in [0.1, 0.15) is 10.5 Å². The molecule has 2 aromatic rings. The molecule has 0 aliphatic heterocycles. The summed E-state index contributed by atoms with van der Waals surface area (Å²) >= 11 is 1.52.